The first kappa shape index (κ1) is 7.73. The SMILES string of the molecule is CCC1C=C(F)C(N)CC1. The van der Waals surface area contributed by atoms with Gasteiger partial charge in [-0.3, -0.25) is 0 Å². The zero-order valence-corrected chi connectivity index (χ0v) is 6.31. The minimum atomic E-state index is -0.317. The molecule has 0 amide bonds. The van der Waals surface area contributed by atoms with Crippen molar-refractivity contribution in [3.8, 4) is 0 Å². The summed E-state index contributed by atoms with van der Waals surface area (Å²) in [6.07, 6.45) is 4.56. The van der Waals surface area contributed by atoms with E-state index in [1.54, 1.807) is 6.08 Å². The average Bonchev–Trinajstić information content (AvgIpc) is 1.95. The Morgan fingerprint density at radius 1 is 1.70 bits per heavy atom. The lowest BCUT2D eigenvalue weighted by Gasteiger charge is -2.20. The molecule has 2 atom stereocenters. The second-order valence-corrected chi connectivity index (χ2v) is 2.90. The van der Waals surface area contributed by atoms with Crippen molar-refractivity contribution in [2.75, 3.05) is 0 Å². The quantitative estimate of drug-likeness (QED) is 0.596. The molecule has 0 fully saturated rings. The third-order valence-electron chi connectivity index (χ3n) is 2.12. The van der Waals surface area contributed by atoms with Crippen molar-refractivity contribution in [1.82, 2.24) is 0 Å². The maximum absolute atomic E-state index is 12.8. The molecule has 10 heavy (non-hydrogen) atoms. The van der Waals surface area contributed by atoms with E-state index in [1.807, 2.05) is 0 Å². The van der Waals surface area contributed by atoms with Crippen LogP contribution in [0, 0.1) is 5.92 Å². The normalized spacial score (nSPS) is 33.7. The van der Waals surface area contributed by atoms with Gasteiger partial charge in [-0.2, -0.15) is 0 Å². The number of hydrogen-bond acceptors (Lipinski definition) is 1. The fourth-order valence-electron chi connectivity index (χ4n) is 1.29. The molecule has 0 aliphatic heterocycles. The van der Waals surface area contributed by atoms with Crippen molar-refractivity contribution in [1.29, 1.82) is 0 Å². The Hall–Kier alpha value is -0.370. The molecule has 2 heteroatoms. The second kappa shape index (κ2) is 3.15. The van der Waals surface area contributed by atoms with Crippen molar-refractivity contribution in [3.05, 3.63) is 11.9 Å². The van der Waals surface area contributed by atoms with Crippen LogP contribution < -0.4 is 5.73 Å². The highest BCUT2D eigenvalue weighted by molar-refractivity contribution is 5.07. The highest BCUT2D eigenvalue weighted by Crippen LogP contribution is 2.24. The molecule has 0 spiro atoms. The van der Waals surface area contributed by atoms with Gasteiger partial charge in [0.2, 0.25) is 0 Å². The van der Waals surface area contributed by atoms with E-state index in [1.165, 1.54) is 0 Å². The van der Waals surface area contributed by atoms with Gasteiger partial charge in [0.25, 0.3) is 0 Å². The summed E-state index contributed by atoms with van der Waals surface area (Å²) in [6.45, 7) is 2.07. The maximum atomic E-state index is 12.8. The van der Waals surface area contributed by atoms with E-state index in [9.17, 15) is 4.39 Å². The molecule has 58 valence electrons. The Kier molecular flexibility index (Phi) is 2.44. The van der Waals surface area contributed by atoms with Crippen molar-refractivity contribution < 1.29 is 4.39 Å². The van der Waals surface area contributed by atoms with Gasteiger partial charge < -0.3 is 5.73 Å². The van der Waals surface area contributed by atoms with Crippen LogP contribution >= 0.6 is 0 Å². The Labute approximate surface area is 61.1 Å². The molecule has 0 saturated carbocycles. The molecule has 1 nitrogen and oxygen atoms in total. The van der Waals surface area contributed by atoms with Crippen LogP contribution in [0.5, 0.6) is 0 Å². The zero-order valence-electron chi connectivity index (χ0n) is 6.31. The summed E-state index contributed by atoms with van der Waals surface area (Å²) in [5.41, 5.74) is 5.45. The van der Waals surface area contributed by atoms with Gasteiger partial charge >= 0.3 is 0 Å². The summed E-state index contributed by atoms with van der Waals surface area (Å²) in [6, 6.07) is -0.317. The lowest BCUT2D eigenvalue weighted by Crippen LogP contribution is -2.25. The minimum Gasteiger partial charge on any atom is -0.322 e. The lowest BCUT2D eigenvalue weighted by molar-refractivity contribution is 0.416. The van der Waals surface area contributed by atoms with Crippen molar-refractivity contribution in [3.63, 3.8) is 0 Å². The lowest BCUT2D eigenvalue weighted by atomic mass is 9.91. The van der Waals surface area contributed by atoms with Crippen LogP contribution in [0.15, 0.2) is 11.9 Å². The van der Waals surface area contributed by atoms with Crippen LogP contribution in [0.4, 0.5) is 4.39 Å². The highest BCUT2D eigenvalue weighted by Gasteiger charge is 2.18. The molecule has 1 rings (SSSR count). The monoisotopic (exact) mass is 143 g/mol. The second-order valence-electron chi connectivity index (χ2n) is 2.90. The molecule has 1 aliphatic carbocycles. The van der Waals surface area contributed by atoms with Crippen molar-refractivity contribution in [2.24, 2.45) is 11.7 Å². The Balaban J connectivity index is 2.56. The first-order valence-electron chi connectivity index (χ1n) is 3.86. The Morgan fingerprint density at radius 3 is 2.90 bits per heavy atom. The fourth-order valence-corrected chi connectivity index (χ4v) is 1.29. The van der Waals surface area contributed by atoms with Crippen LogP contribution in [-0.2, 0) is 0 Å². The number of rotatable bonds is 1. The minimum absolute atomic E-state index is 0.113. The summed E-state index contributed by atoms with van der Waals surface area (Å²) in [7, 11) is 0. The first-order chi connectivity index (χ1) is 4.74. The smallest absolute Gasteiger partial charge is 0.113 e. The van der Waals surface area contributed by atoms with E-state index in [4.69, 9.17) is 5.73 Å². The largest absolute Gasteiger partial charge is 0.322 e. The molecule has 0 aromatic heterocycles. The summed E-state index contributed by atoms with van der Waals surface area (Å²) < 4.78 is 12.8. The van der Waals surface area contributed by atoms with Crippen LogP contribution in [0.3, 0.4) is 0 Å². The van der Waals surface area contributed by atoms with E-state index in [0.717, 1.165) is 19.3 Å². The van der Waals surface area contributed by atoms with Gasteiger partial charge in [0, 0.05) is 0 Å². The van der Waals surface area contributed by atoms with E-state index in [2.05, 4.69) is 6.92 Å². The van der Waals surface area contributed by atoms with Crippen molar-refractivity contribution >= 4 is 0 Å². The predicted molar refractivity (Wildman–Crippen MR) is 40.2 cm³/mol. The molecule has 0 radical (unpaired) electrons. The number of hydrogen-bond donors (Lipinski definition) is 1. The number of halogens is 1. The molecular formula is C8H14FN. The molecule has 2 N–H and O–H groups in total. The molecule has 0 heterocycles. The molecule has 2 unspecified atom stereocenters. The van der Waals surface area contributed by atoms with Crippen LogP contribution in [0.1, 0.15) is 26.2 Å². The highest BCUT2D eigenvalue weighted by atomic mass is 19.1. The molecule has 0 saturated heterocycles. The van der Waals surface area contributed by atoms with Crippen LogP contribution in [0.25, 0.3) is 0 Å². The molecule has 1 aliphatic rings. The van der Waals surface area contributed by atoms with Crippen molar-refractivity contribution in [2.45, 2.75) is 32.2 Å². The third-order valence-corrected chi connectivity index (χ3v) is 2.12. The van der Waals surface area contributed by atoms with Gasteiger partial charge in [0.05, 0.1) is 6.04 Å². The summed E-state index contributed by atoms with van der Waals surface area (Å²) in [5, 5.41) is 0. The standard InChI is InChI=1S/C8H14FN/c1-2-6-3-4-8(10)7(9)5-6/h5-6,8H,2-4,10H2,1H3. The number of allylic oxidation sites excluding steroid dienone is 1. The van der Waals surface area contributed by atoms with E-state index in [0.29, 0.717) is 5.92 Å². The molecular weight excluding hydrogens is 129 g/mol. The summed E-state index contributed by atoms with van der Waals surface area (Å²) in [5.74, 6) is 0.318. The van der Waals surface area contributed by atoms with Crippen LogP contribution in [0.2, 0.25) is 0 Å². The first-order valence-corrected chi connectivity index (χ1v) is 3.86. The average molecular weight is 143 g/mol. The van der Waals surface area contributed by atoms with Gasteiger partial charge in [-0.05, 0) is 31.3 Å². The zero-order chi connectivity index (χ0) is 7.56. The predicted octanol–water partition coefficient (Wildman–Crippen LogP) is 1.99. The van der Waals surface area contributed by atoms with E-state index < -0.39 is 0 Å². The van der Waals surface area contributed by atoms with Gasteiger partial charge in [-0.1, -0.05) is 6.92 Å². The molecule has 0 bridgehead atoms. The number of nitrogens with two attached hydrogens (primary N) is 1. The van der Waals surface area contributed by atoms with Crippen LogP contribution in [-0.4, -0.2) is 6.04 Å². The fraction of sp³-hybridized carbons (Fsp3) is 0.750. The molecule has 0 aromatic rings. The Bertz CT molecular complexity index is 142. The summed E-state index contributed by atoms with van der Waals surface area (Å²) >= 11 is 0. The topological polar surface area (TPSA) is 26.0 Å². The van der Waals surface area contributed by atoms with Gasteiger partial charge in [-0.15, -0.1) is 0 Å². The van der Waals surface area contributed by atoms with Gasteiger partial charge in [-0.25, -0.2) is 4.39 Å². The van der Waals surface area contributed by atoms with E-state index in [-0.39, 0.29) is 11.9 Å². The summed E-state index contributed by atoms with van der Waals surface area (Å²) in [4.78, 5) is 0. The Morgan fingerprint density at radius 2 is 2.40 bits per heavy atom. The van der Waals surface area contributed by atoms with Gasteiger partial charge in [0.15, 0.2) is 0 Å². The molecule has 0 aromatic carbocycles. The van der Waals surface area contributed by atoms with E-state index >= 15 is 0 Å². The maximum Gasteiger partial charge on any atom is 0.113 e. The van der Waals surface area contributed by atoms with Gasteiger partial charge in [0.1, 0.15) is 5.83 Å². The third kappa shape index (κ3) is 1.57.